The summed E-state index contributed by atoms with van der Waals surface area (Å²) in [6.07, 6.45) is 3.13. The molecule has 11 heavy (non-hydrogen) atoms. The Morgan fingerprint density at radius 3 is 2.82 bits per heavy atom. The van der Waals surface area contributed by atoms with E-state index in [1.807, 2.05) is 0 Å². The molecule has 1 heterocycles. The number of methoxy groups -OCH3 is 1. The maximum atomic E-state index is 5.32. The minimum atomic E-state index is 0.338. The fourth-order valence-electron chi connectivity index (χ4n) is 1.11. The van der Waals surface area contributed by atoms with Gasteiger partial charge < -0.3 is 14.2 Å². The molecule has 1 rings (SSSR count). The SMILES string of the molecule is CCC[C@H]1O[C@H]1COCOC. The van der Waals surface area contributed by atoms with E-state index in [2.05, 4.69) is 6.92 Å². The van der Waals surface area contributed by atoms with Crippen LogP contribution in [0.15, 0.2) is 0 Å². The number of epoxide rings is 1. The van der Waals surface area contributed by atoms with Gasteiger partial charge in [0.1, 0.15) is 12.9 Å². The van der Waals surface area contributed by atoms with Gasteiger partial charge in [0.05, 0.1) is 12.7 Å². The smallest absolute Gasteiger partial charge is 0.146 e. The molecule has 1 aliphatic heterocycles. The lowest BCUT2D eigenvalue weighted by atomic mass is 10.2. The van der Waals surface area contributed by atoms with Crippen LogP contribution in [-0.2, 0) is 14.2 Å². The maximum Gasteiger partial charge on any atom is 0.146 e. The van der Waals surface area contributed by atoms with E-state index in [-0.39, 0.29) is 0 Å². The third-order valence-corrected chi connectivity index (χ3v) is 1.74. The molecule has 0 amide bonds. The Kier molecular flexibility index (Phi) is 3.83. The van der Waals surface area contributed by atoms with Crippen LogP contribution in [0.3, 0.4) is 0 Å². The average molecular weight is 160 g/mol. The van der Waals surface area contributed by atoms with Gasteiger partial charge in [-0.15, -0.1) is 0 Å². The van der Waals surface area contributed by atoms with Gasteiger partial charge in [0, 0.05) is 7.11 Å². The van der Waals surface area contributed by atoms with Crippen molar-refractivity contribution in [2.24, 2.45) is 0 Å². The molecule has 0 aromatic heterocycles. The molecular weight excluding hydrogens is 144 g/mol. The van der Waals surface area contributed by atoms with Crippen molar-refractivity contribution in [3.05, 3.63) is 0 Å². The Balaban J connectivity index is 1.87. The standard InChI is InChI=1S/C8H16O3/c1-3-4-7-8(11-7)5-10-6-9-2/h7-8H,3-6H2,1-2H3/t7-,8+/m1/s1. The van der Waals surface area contributed by atoms with Crippen LogP contribution in [0.2, 0.25) is 0 Å². The van der Waals surface area contributed by atoms with Crippen LogP contribution >= 0.6 is 0 Å². The molecule has 0 unspecified atom stereocenters. The second-order valence-corrected chi connectivity index (χ2v) is 2.78. The van der Waals surface area contributed by atoms with Crippen molar-refractivity contribution in [3.8, 4) is 0 Å². The fraction of sp³-hybridized carbons (Fsp3) is 1.00. The van der Waals surface area contributed by atoms with Crippen molar-refractivity contribution < 1.29 is 14.2 Å². The van der Waals surface area contributed by atoms with E-state index in [9.17, 15) is 0 Å². The molecule has 0 radical (unpaired) electrons. The molecule has 66 valence electrons. The molecule has 1 saturated heterocycles. The topological polar surface area (TPSA) is 31.0 Å². The summed E-state index contributed by atoms with van der Waals surface area (Å²) in [6, 6.07) is 0. The zero-order valence-corrected chi connectivity index (χ0v) is 7.21. The summed E-state index contributed by atoms with van der Waals surface area (Å²) in [4.78, 5) is 0. The molecule has 1 fully saturated rings. The molecule has 0 spiro atoms. The summed E-state index contributed by atoms with van der Waals surface area (Å²) >= 11 is 0. The Morgan fingerprint density at radius 2 is 2.18 bits per heavy atom. The van der Waals surface area contributed by atoms with E-state index in [1.165, 1.54) is 6.42 Å². The van der Waals surface area contributed by atoms with Gasteiger partial charge >= 0.3 is 0 Å². The van der Waals surface area contributed by atoms with Crippen molar-refractivity contribution in [2.75, 3.05) is 20.5 Å². The highest BCUT2D eigenvalue weighted by atomic mass is 16.7. The molecule has 0 N–H and O–H groups in total. The van der Waals surface area contributed by atoms with Gasteiger partial charge in [-0.1, -0.05) is 13.3 Å². The van der Waals surface area contributed by atoms with Gasteiger partial charge in [0.2, 0.25) is 0 Å². The lowest BCUT2D eigenvalue weighted by Crippen LogP contribution is -2.06. The van der Waals surface area contributed by atoms with Crippen molar-refractivity contribution in [1.82, 2.24) is 0 Å². The van der Waals surface area contributed by atoms with Gasteiger partial charge in [0.25, 0.3) is 0 Å². The second-order valence-electron chi connectivity index (χ2n) is 2.78. The molecule has 0 saturated carbocycles. The lowest BCUT2D eigenvalue weighted by Gasteiger charge is -1.97. The summed E-state index contributed by atoms with van der Waals surface area (Å²) in [5.41, 5.74) is 0. The number of rotatable bonds is 6. The van der Waals surface area contributed by atoms with Crippen LogP contribution in [0.25, 0.3) is 0 Å². The molecule has 0 aromatic rings. The van der Waals surface area contributed by atoms with E-state index in [1.54, 1.807) is 7.11 Å². The average Bonchev–Trinajstić information content (AvgIpc) is 2.70. The van der Waals surface area contributed by atoms with Crippen molar-refractivity contribution in [2.45, 2.75) is 32.0 Å². The summed E-state index contributed by atoms with van der Waals surface area (Å²) in [6.45, 7) is 3.21. The van der Waals surface area contributed by atoms with Crippen LogP contribution in [0.4, 0.5) is 0 Å². The van der Waals surface area contributed by atoms with Gasteiger partial charge in [-0.3, -0.25) is 0 Å². The molecule has 0 aliphatic carbocycles. The van der Waals surface area contributed by atoms with Crippen LogP contribution in [0, 0.1) is 0 Å². The largest absolute Gasteiger partial charge is 0.367 e. The van der Waals surface area contributed by atoms with E-state index in [0.717, 1.165) is 6.42 Å². The molecule has 3 nitrogen and oxygen atoms in total. The monoisotopic (exact) mass is 160 g/mol. The fourth-order valence-corrected chi connectivity index (χ4v) is 1.11. The van der Waals surface area contributed by atoms with Gasteiger partial charge in [-0.05, 0) is 6.42 Å². The number of ether oxygens (including phenoxy) is 3. The minimum Gasteiger partial charge on any atom is -0.367 e. The lowest BCUT2D eigenvalue weighted by molar-refractivity contribution is -0.0351. The number of hydrogen-bond donors (Lipinski definition) is 0. The highest BCUT2D eigenvalue weighted by Crippen LogP contribution is 2.26. The maximum absolute atomic E-state index is 5.32. The Hall–Kier alpha value is -0.120. The van der Waals surface area contributed by atoms with Crippen LogP contribution in [0.5, 0.6) is 0 Å². The van der Waals surface area contributed by atoms with Gasteiger partial charge in [-0.25, -0.2) is 0 Å². The van der Waals surface area contributed by atoms with E-state index >= 15 is 0 Å². The molecule has 2 atom stereocenters. The predicted octanol–water partition coefficient (Wildman–Crippen LogP) is 1.17. The Bertz CT molecular complexity index is 106. The van der Waals surface area contributed by atoms with Crippen molar-refractivity contribution >= 4 is 0 Å². The second kappa shape index (κ2) is 4.70. The van der Waals surface area contributed by atoms with E-state index in [4.69, 9.17) is 14.2 Å². The first-order chi connectivity index (χ1) is 5.38. The molecular formula is C8H16O3. The van der Waals surface area contributed by atoms with Crippen molar-refractivity contribution in [3.63, 3.8) is 0 Å². The highest BCUT2D eigenvalue weighted by molar-refractivity contribution is 4.83. The third kappa shape index (κ3) is 3.18. The van der Waals surface area contributed by atoms with Crippen LogP contribution in [-0.4, -0.2) is 32.7 Å². The molecule has 1 aliphatic rings. The van der Waals surface area contributed by atoms with Crippen LogP contribution in [0.1, 0.15) is 19.8 Å². The normalized spacial score (nSPS) is 28.9. The molecule has 0 aromatic carbocycles. The zero-order chi connectivity index (χ0) is 8.10. The van der Waals surface area contributed by atoms with Gasteiger partial charge in [-0.2, -0.15) is 0 Å². The first kappa shape index (κ1) is 8.97. The minimum absolute atomic E-state index is 0.338. The molecule has 3 heteroatoms. The van der Waals surface area contributed by atoms with E-state index in [0.29, 0.717) is 25.6 Å². The summed E-state index contributed by atoms with van der Waals surface area (Å²) in [5, 5.41) is 0. The zero-order valence-electron chi connectivity index (χ0n) is 7.21. The first-order valence-corrected chi connectivity index (χ1v) is 4.10. The Labute approximate surface area is 67.6 Å². The predicted molar refractivity (Wildman–Crippen MR) is 41.4 cm³/mol. The quantitative estimate of drug-likeness (QED) is 0.332. The summed E-state index contributed by atoms with van der Waals surface area (Å²) in [7, 11) is 1.62. The van der Waals surface area contributed by atoms with Crippen LogP contribution < -0.4 is 0 Å². The first-order valence-electron chi connectivity index (χ1n) is 4.10. The van der Waals surface area contributed by atoms with E-state index < -0.39 is 0 Å². The summed E-state index contributed by atoms with van der Waals surface area (Å²) in [5.74, 6) is 0. The molecule has 0 bridgehead atoms. The Morgan fingerprint density at radius 1 is 1.36 bits per heavy atom. The third-order valence-electron chi connectivity index (χ3n) is 1.74. The highest BCUT2D eigenvalue weighted by Gasteiger charge is 2.37. The number of hydrogen-bond acceptors (Lipinski definition) is 3. The summed E-state index contributed by atoms with van der Waals surface area (Å²) < 4.78 is 15.2. The van der Waals surface area contributed by atoms with Gasteiger partial charge in [0.15, 0.2) is 0 Å². The van der Waals surface area contributed by atoms with Crippen molar-refractivity contribution in [1.29, 1.82) is 0 Å².